The molecule has 0 N–H and O–H groups in total. The molecule has 0 radical (unpaired) electrons. The van der Waals surface area contributed by atoms with Crippen molar-refractivity contribution >= 4 is 6.29 Å². The van der Waals surface area contributed by atoms with Crippen molar-refractivity contribution < 1.29 is 9.53 Å². The van der Waals surface area contributed by atoms with E-state index >= 15 is 0 Å². The summed E-state index contributed by atoms with van der Waals surface area (Å²) in [6.07, 6.45) is 2.80. The van der Waals surface area contributed by atoms with E-state index in [1.54, 1.807) is 0 Å². The van der Waals surface area contributed by atoms with E-state index in [1.807, 2.05) is 6.92 Å². The predicted molar refractivity (Wildman–Crippen MR) is 29.7 cm³/mol. The summed E-state index contributed by atoms with van der Waals surface area (Å²) in [6.45, 7) is 2.57. The van der Waals surface area contributed by atoms with Crippen LogP contribution in [0.3, 0.4) is 0 Å². The topological polar surface area (TPSA) is 26.3 Å². The van der Waals surface area contributed by atoms with Crippen LogP contribution in [0, 0.1) is 0 Å². The lowest BCUT2D eigenvalue weighted by Crippen LogP contribution is -2.23. The minimum Gasteiger partial charge on any atom is -0.368 e. The molecule has 0 aromatic heterocycles. The standard InChI is InChI=1S/C6H10O2/c1-6(5-7)3-2-4-8-6/h5H,2-4H2,1H3/t6-/m1/s1. The van der Waals surface area contributed by atoms with Crippen LogP contribution in [-0.2, 0) is 9.53 Å². The molecule has 0 saturated carbocycles. The van der Waals surface area contributed by atoms with Gasteiger partial charge in [-0.3, -0.25) is 0 Å². The van der Waals surface area contributed by atoms with Crippen molar-refractivity contribution in [1.82, 2.24) is 0 Å². The second-order valence-electron chi connectivity index (χ2n) is 2.38. The Labute approximate surface area is 48.8 Å². The molecular weight excluding hydrogens is 104 g/mol. The first-order valence-electron chi connectivity index (χ1n) is 2.87. The fourth-order valence-electron chi connectivity index (χ4n) is 0.894. The molecule has 2 heteroatoms. The van der Waals surface area contributed by atoms with Crippen LogP contribution in [0.5, 0.6) is 0 Å². The molecule has 0 aliphatic carbocycles. The van der Waals surface area contributed by atoms with E-state index in [9.17, 15) is 4.79 Å². The Hall–Kier alpha value is -0.370. The number of carbonyl (C=O) groups is 1. The molecule has 0 amide bonds. The quantitative estimate of drug-likeness (QED) is 0.470. The van der Waals surface area contributed by atoms with E-state index < -0.39 is 5.60 Å². The molecule has 1 rings (SSSR count). The lowest BCUT2D eigenvalue weighted by molar-refractivity contribution is -0.123. The van der Waals surface area contributed by atoms with Gasteiger partial charge in [-0.05, 0) is 19.8 Å². The van der Waals surface area contributed by atoms with E-state index in [4.69, 9.17) is 4.74 Å². The van der Waals surface area contributed by atoms with Crippen molar-refractivity contribution in [2.24, 2.45) is 0 Å². The maximum Gasteiger partial charge on any atom is 0.151 e. The molecule has 0 unspecified atom stereocenters. The van der Waals surface area contributed by atoms with Gasteiger partial charge in [0.15, 0.2) is 6.29 Å². The van der Waals surface area contributed by atoms with Gasteiger partial charge in [0.1, 0.15) is 5.60 Å². The smallest absolute Gasteiger partial charge is 0.151 e. The molecule has 0 spiro atoms. The third-order valence-corrected chi connectivity index (χ3v) is 1.50. The van der Waals surface area contributed by atoms with Crippen LogP contribution < -0.4 is 0 Å². The Morgan fingerprint density at radius 3 is 2.75 bits per heavy atom. The fraction of sp³-hybridized carbons (Fsp3) is 0.833. The van der Waals surface area contributed by atoms with E-state index in [0.717, 1.165) is 25.7 Å². The zero-order chi connectivity index (χ0) is 6.04. The Kier molecular flexibility index (Phi) is 1.34. The zero-order valence-corrected chi connectivity index (χ0v) is 5.02. The maximum absolute atomic E-state index is 10.2. The first-order valence-corrected chi connectivity index (χ1v) is 2.87. The molecule has 1 fully saturated rings. The van der Waals surface area contributed by atoms with Crippen molar-refractivity contribution in [3.8, 4) is 0 Å². The summed E-state index contributed by atoms with van der Waals surface area (Å²) in [5.74, 6) is 0. The molecule has 0 aromatic carbocycles. The molecular formula is C6H10O2. The predicted octanol–water partition coefficient (Wildman–Crippen LogP) is 0.754. The summed E-state index contributed by atoms with van der Waals surface area (Å²) in [5.41, 5.74) is -0.444. The van der Waals surface area contributed by atoms with Crippen molar-refractivity contribution in [3.05, 3.63) is 0 Å². The lowest BCUT2D eigenvalue weighted by atomic mass is 10.1. The summed E-state index contributed by atoms with van der Waals surface area (Å²) in [5, 5.41) is 0. The second kappa shape index (κ2) is 1.86. The first-order chi connectivity index (χ1) is 3.77. The highest BCUT2D eigenvalue weighted by atomic mass is 16.5. The monoisotopic (exact) mass is 114 g/mol. The minimum absolute atomic E-state index is 0.444. The highest BCUT2D eigenvalue weighted by Gasteiger charge is 2.28. The van der Waals surface area contributed by atoms with Gasteiger partial charge < -0.3 is 9.53 Å². The van der Waals surface area contributed by atoms with E-state index in [2.05, 4.69) is 0 Å². The molecule has 1 saturated heterocycles. The number of ether oxygens (including phenoxy) is 1. The Bertz CT molecular complexity index is 92.7. The molecule has 1 aliphatic rings. The summed E-state index contributed by atoms with van der Waals surface area (Å²) in [4.78, 5) is 10.2. The van der Waals surface area contributed by atoms with Crippen molar-refractivity contribution in [2.45, 2.75) is 25.4 Å². The lowest BCUT2D eigenvalue weighted by Gasteiger charge is -2.12. The summed E-state index contributed by atoms with van der Waals surface area (Å²) >= 11 is 0. The van der Waals surface area contributed by atoms with Crippen LogP contribution in [0.1, 0.15) is 19.8 Å². The van der Waals surface area contributed by atoms with Crippen LogP contribution in [0.2, 0.25) is 0 Å². The third-order valence-electron chi connectivity index (χ3n) is 1.50. The summed E-state index contributed by atoms with van der Waals surface area (Å²) in [6, 6.07) is 0. The minimum atomic E-state index is -0.444. The Morgan fingerprint density at radius 1 is 1.75 bits per heavy atom. The summed E-state index contributed by atoms with van der Waals surface area (Å²) < 4.78 is 5.12. The molecule has 46 valence electrons. The van der Waals surface area contributed by atoms with Gasteiger partial charge in [0.05, 0.1) is 0 Å². The second-order valence-corrected chi connectivity index (χ2v) is 2.38. The van der Waals surface area contributed by atoms with Gasteiger partial charge >= 0.3 is 0 Å². The van der Waals surface area contributed by atoms with Gasteiger partial charge in [0.2, 0.25) is 0 Å². The van der Waals surface area contributed by atoms with E-state index in [-0.39, 0.29) is 0 Å². The SMILES string of the molecule is C[C@]1(C=O)CCCO1. The Morgan fingerprint density at radius 2 is 2.50 bits per heavy atom. The number of aldehydes is 1. The number of rotatable bonds is 1. The largest absolute Gasteiger partial charge is 0.368 e. The molecule has 2 nitrogen and oxygen atoms in total. The first kappa shape index (κ1) is 5.76. The van der Waals surface area contributed by atoms with Crippen molar-refractivity contribution in [2.75, 3.05) is 6.61 Å². The molecule has 1 aliphatic heterocycles. The average Bonchev–Trinajstić information content (AvgIpc) is 2.17. The van der Waals surface area contributed by atoms with Crippen LogP contribution >= 0.6 is 0 Å². The molecule has 0 aromatic rings. The Balaban J connectivity index is 2.52. The summed E-state index contributed by atoms with van der Waals surface area (Å²) in [7, 11) is 0. The number of carbonyl (C=O) groups excluding carboxylic acids is 1. The normalized spacial score (nSPS) is 37.6. The van der Waals surface area contributed by atoms with E-state index in [0.29, 0.717) is 0 Å². The highest BCUT2D eigenvalue weighted by molar-refractivity contribution is 5.62. The van der Waals surface area contributed by atoms with Crippen LogP contribution in [0.15, 0.2) is 0 Å². The van der Waals surface area contributed by atoms with Gasteiger partial charge in [-0.1, -0.05) is 0 Å². The van der Waals surface area contributed by atoms with Gasteiger partial charge in [-0.2, -0.15) is 0 Å². The van der Waals surface area contributed by atoms with Gasteiger partial charge in [0, 0.05) is 6.61 Å². The molecule has 1 heterocycles. The van der Waals surface area contributed by atoms with E-state index in [1.165, 1.54) is 0 Å². The molecule has 0 bridgehead atoms. The number of hydrogen-bond donors (Lipinski definition) is 0. The maximum atomic E-state index is 10.2. The van der Waals surface area contributed by atoms with Gasteiger partial charge in [0.25, 0.3) is 0 Å². The number of hydrogen-bond acceptors (Lipinski definition) is 2. The average molecular weight is 114 g/mol. The third kappa shape index (κ3) is 0.892. The fourth-order valence-corrected chi connectivity index (χ4v) is 0.894. The van der Waals surface area contributed by atoms with Crippen LogP contribution in [0.25, 0.3) is 0 Å². The molecule has 8 heavy (non-hydrogen) atoms. The van der Waals surface area contributed by atoms with Gasteiger partial charge in [-0.25, -0.2) is 0 Å². The van der Waals surface area contributed by atoms with Crippen molar-refractivity contribution in [1.29, 1.82) is 0 Å². The highest BCUT2D eigenvalue weighted by Crippen LogP contribution is 2.21. The van der Waals surface area contributed by atoms with Gasteiger partial charge in [-0.15, -0.1) is 0 Å². The van der Waals surface area contributed by atoms with Crippen LogP contribution in [-0.4, -0.2) is 18.5 Å². The zero-order valence-electron chi connectivity index (χ0n) is 5.02. The van der Waals surface area contributed by atoms with Crippen molar-refractivity contribution in [3.63, 3.8) is 0 Å². The molecule has 1 atom stereocenters. The van der Waals surface area contributed by atoms with Crippen LogP contribution in [0.4, 0.5) is 0 Å².